The second-order valence-corrected chi connectivity index (χ2v) is 5.83. The third-order valence-corrected chi connectivity index (χ3v) is 4.10. The predicted molar refractivity (Wildman–Crippen MR) is 83.4 cm³/mol. The van der Waals surface area contributed by atoms with Crippen molar-refractivity contribution in [2.75, 3.05) is 19.0 Å². The Hall–Kier alpha value is -2.22. The summed E-state index contributed by atoms with van der Waals surface area (Å²) in [5.74, 6) is -0.644. The Morgan fingerprint density at radius 2 is 2.09 bits per heavy atom. The minimum absolute atomic E-state index is 0.0120. The number of pyridine rings is 1. The van der Waals surface area contributed by atoms with E-state index in [0.29, 0.717) is 12.8 Å². The smallest absolute Gasteiger partial charge is 0.339 e. The zero-order chi connectivity index (χ0) is 16.9. The molecule has 0 spiro atoms. The molecule has 1 aliphatic rings. The van der Waals surface area contributed by atoms with Crippen LogP contribution >= 0.6 is 0 Å². The quantitative estimate of drug-likeness (QED) is 0.369. The van der Waals surface area contributed by atoms with E-state index in [4.69, 9.17) is 0 Å². The largest absolute Gasteiger partial charge is 0.465 e. The summed E-state index contributed by atoms with van der Waals surface area (Å²) in [6, 6.07) is 1.12. The van der Waals surface area contributed by atoms with Crippen molar-refractivity contribution in [2.45, 2.75) is 44.1 Å². The van der Waals surface area contributed by atoms with Gasteiger partial charge < -0.3 is 15.2 Å². The van der Waals surface area contributed by atoms with E-state index in [-0.39, 0.29) is 23.6 Å². The van der Waals surface area contributed by atoms with Gasteiger partial charge in [-0.2, -0.15) is 0 Å². The van der Waals surface area contributed by atoms with Gasteiger partial charge in [-0.25, -0.2) is 9.78 Å². The standard InChI is InChI=1S/C15H21N3O5/c1-23-14(19)11-8-12(18(21)22)13(16-9-11)17-10-15(20)6-4-2-3-5-7-15/h8-9,20H,2-7,10H2,1H3,(H,16,17). The molecule has 1 heterocycles. The average molecular weight is 323 g/mol. The van der Waals surface area contributed by atoms with E-state index < -0.39 is 16.5 Å². The molecule has 8 nitrogen and oxygen atoms in total. The number of carbonyl (C=O) groups is 1. The Morgan fingerprint density at radius 3 is 2.65 bits per heavy atom. The molecule has 1 fully saturated rings. The average Bonchev–Trinajstić information content (AvgIpc) is 2.77. The second kappa shape index (κ2) is 7.36. The fourth-order valence-corrected chi connectivity index (χ4v) is 2.77. The summed E-state index contributed by atoms with van der Waals surface area (Å²) in [5, 5.41) is 24.6. The molecule has 0 aromatic carbocycles. The van der Waals surface area contributed by atoms with Gasteiger partial charge in [0.2, 0.25) is 5.82 Å². The number of rotatable bonds is 5. The highest BCUT2D eigenvalue weighted by molar-refractivity contribution is 5.90. The van der Waals surface area contributed by atoms with Gasteiger partial charge in [-0.05, 0) is 12.8 Å². The van der Waals surface area contributed by atoms with Crippen LogP contribution in [0.3, 0.4) is 0 Å². The van der Waals surface area contributed by atoms with E-state index in [1.165, 1.54) is 13.3 Å². The van der Waals surface area contributed by atoms with E-state index >= 15 is 0 Å². The maximum atomic E-state index is 11.4. The normalized spacial score (nSPS) is 17.1. The third kappa shape index (κ3) is 4.38. The van der Waals surface area contributed by atoms with Crippen LogP contribution in [-0.2, 0) is 4.74 Å². The van der Waals surface area contributed by atoms with Gasteiger partial charge in [-0.15, -0.1) is 0 Å². The van der Waals surface area contributed by atoms with Gasteiger partial charge in [0.25, 0.3) is 0 Å². The molecule has 2 N–H and O–H groups in total. The van der Waals surface area contributed by atoms with Crippen molar-refractivity contribution in [1.29, 1.82) is 0 Å². The summed E-state index contributed by atoms with van der Waals surface area (Å²) >= 11 is 0. The van der Waals surface area contributed by atoms with Crippen LogP contribution < -0.4 is 5.32 Å². The number of nitrogens with one attached hydrogen (secondary N) is 1. The van der Waals surface area contributed by atoms with E-state index in [2.05, 4.69) is 15.0 Å². The monoisotopic (exact) mass is 323 g/mol. The van der Waals surface area contributed by atoms with Gasteiger partial charge in [0.05, 0.1) is 23.2 Å². The van der Waals surface area contributed by atoms with Gasteiger partial charge in [0.1, 0.15) is 0 Å². The van der Waals surface area contributed by atoms with Gasteiger partial charge in [0, 0.05) is 18.8 Å². The zero-order valence-corrected chi connectivity index (χ0v) is 13.1. The fourth-order valence-electron chi connectivity index (χ4n) is 2.77. The van der Waals surface area contributed by atoms with Crippen LogP contribution in [0.5, 0.6) is 0 Å². The molecule has 0 unspecified atom stereocenters. The number of esters is 1. The Morgan fingerprint density at radius 1 is 1.43 bits per heavy atom. The van der Waals surface area contributed by atoms with Gasteiger partial charge in [-0.3, -0.25) is 10.1 Å². The Bertz CT molecular complexity index is 582. The molecule has 23 heavy (non-hydrogen) atoms. The number of aliphatic hydroxyl groups is 1. The maximum absolute atomic E-state index is 11.4. The van der Waals surface area contributed by atoms with Crippen LogP contribution in [0, 0.1) is 10.1 Å². The van der Waals surface area contributed by atoms with Crippen LogP contribution in [0.1, 0.15) is 48.9 Å². The fraction of sp³-hybridized carbons (Fsp3) is 0.600. The maximum Gasteiger partial charge on any atom is 0.339 e. The highest BCUT2D eigenvalue weighted by Gasteiger charge is 2.29. The highest BCUT2D eigenvalue weighted by atomic mass is 16.6. The van der Waals surface area contributed by atoms with Crippen molar-refractivity contribution < 1.29 is 19.6 Å². The summed E-state index contributed by atoms with van der Waals surface area (Å²) in [4.78, 5) is 26.0. The molecule has 0 atom stereocenters. The predicted octanol–water partition coefficient (Wildman–Crippen LogP) is 2.27. The molecular formula is C15H21N3O5. The SMILES string of the molecule is COC(=O)c1cnc(NCC2(O)CCCCCC2)c([N+](=O)[O-])c1. The van der Waals surface area contributed by atoms with Crippen LogP contribution in [0.15, 0.2) is 12.3 Å². The lowest BCUT2D eigenvalue weighted by Gasteiger charge is -2.26. The third-order valence-electron chi connectivity index (χ3n) is 4.10. The van der Waals surface area contributed by atoms with Crippen LogP contribution in [-0.4, -0.2) is 40.2 Å². The number of nitro groups is 1. The number of carbonyl (C=O) groups excluding carboxylic acids is 1. The van der Waals surface area contributed by atoms with E-state index in [0.717, 1.165) is 31.7 Å². The first kappa shape index (κ1) is 17.1. The molecule has 1 aliphatic carbocycles. The number of methoxy groups -OCH3 is 1. The summed E-state index contributed by atoms with van der Waals surface area (Å²) < 4.78 is 4.53. The van der Waals surface area contributed by atoms with Crippen molar-refractivity contribution >= 4 is 17.5 Å². The van der Waals surface area contributed by atoms with Gasteiger partial charge in [-0.1, -0.05) is 25.7 Å². The minimum atomic E-state index is -0.882. The summed E-state index contributed by atoms with van der Waals surface area (Å²) in [6.45, 7) is 0.193. The van der Waals surface area contributed by atoms with Gasteiger partial charge >= 0.3 is 11.7 Å². The molecular weight excluding hydrogens is 302 g/mol. The lowest BCUT2D eigenvalue weighted by Crippen LogP contribution is -2.36. The Balaban J connectivity index is 2.15. The van der Waals surface area contributed by atoms with Crippen LogP contribution in [0.4, 0.5) is 11.5 Å². The molecule has 0 radical (unpaired) electrons. The summed E-state index contributed by atoms with van der Waals surface area (Å²) in [5.41, 5.74) is -1.18. The number of nitrogens with zero attached hydrogens (tertiary/aromatic N) is 2. The van der Waals surface area contributed by atoms with Crippen molar-refractivity contribution in [1.82, 2.24) is 4.98 Å². The molecule has 1 aromatic heterocycles. The topological polar surface area (TPSA) is 115 Å². The number of anilines is 1. The molecule has 0 aliphatic heterocycles. The van der Waals surface area contributed by atoms with Crippen LogP contribution in [0.25, 0.3) is 0 Å². The van der Waals surface area contributed by atoms with Crippen molar-refractivity contribution in [2.24, 2.45) is 0 Å². The first-order valence-electron chi connectivity index (χ1n) is 7.64. The van der Waals surface area contributed by atoms with Gasteiger partial charge in [0.15, 0.2) is 0 Å². The second-order valence-electron chi connectivity index (χ2n) is 5.83. The first-order chi connectivity index (χ1) is 10.9. The number of hydrogen-bond acceptors (Lipinski definition) is 7. The Kier molecular flexibility index (Phi) is 5.49. The van der Waals surface area contributed by atoms with Crippen molar-refractivity contribution in [3.63, 3.8) is 0 Å². The number of ether oxygens (including phenoxy) is 1. The lowest BCUT2D eigenvalue weighted by molar-refractivity contribution is -0.384. The molecule has 0 bridgehead atoms. The van der Waals surface area contributed by atoms with E-state index in [1.807, 2.05) is 0 Å². The number of aromatic nitrogens is 1. The minimum Gasteiger partial charge on any atom is -0.465 e. The van der Waals surface area contributed by atoms with Crippen molar-refractivity contribution in [3.05, 3.63) is 27.9 Å². The molecule has 1 aromatic rings. The molecule has 1 saturated carbocycles. The van der Waals surface area contributed by atoms with E-state index in [1.54, 1.807) is 0 Å². The van der Waals surface area contributed by atoms with Crippen LogP contribution in [0.2, 0.25) is 0 Å². The Labute approximate surface area is 134 Å². The van der Waals surface area contributed by atoms with Crippen molar-refractivity contribution in [3.8, 4) is 0 Å². The summed E-state index contributed by atoms with van der Waals surface area (Å²) in [7, 11) is 1.20. The lowest BCUT2D eigenvalue weighted by atomic mass is 9.94. The highest BCUT2D eigenvalue weighted by Crippen LogP contribution is 2.29. The molecule has 2 rings (SSSR count). The molecule has 126 valence electrons. The summed E-state index contributed by atoms with van der Waals surface area (Å²) in [6.07, 6.45) is 6.60. The molecule has 8 heteroatoms. The molecule has 0 saturated heterocycles. The number of hydrogen-bond donors (Lipinski definition) is 2. The van der Waals surface area contributed by atoms with E-state index in [9.17, 15) is 20.0 Å². The zero-order valence-electron chi connectivity index (χ0n) is 13.1. The molecule has 0 amide bonds. The first-order valence-corrected chi connectivity index (χ1v) is 7.64.